The minimum absolute atomic E-state index is 0.0195. The van der Waals surface area contributed by atoms with Gasteiger partial charge in [0.1, 0.15) is 4.83 Å². The fourth-order valence-electron chi connectivity index (χ4n) is 4.21. The summed E-state index contributed by atoms with van der Waals surface area (Å²) in [6.07, 6.45) is 4.83. The van der Waals surface area contributed by atoms with E-state index < -0.39 is 0 Å². The number of fused-ring (bicyclic) bond motifs is 3. The van der Waals surface area contributed by atoms with Crippen LogP contribution in [0.25, 0.3) is 10.2 Å². The number of carbonyl (C=O) groups excluding carboxylic acids is 1. The van der Waals surface area contributed by atoms with Crippen LogP contribution in [0.5, 0.6) is 0 Å². The van der Waals surface area contributed by atoms with Gasteiger partial charge in [-0.15, -0.1) is 11.3 Å². The third-order valence-electron chi connectivity index (χ3n) is 6.12. The van der Waals surface area contributed by atoms with Gasteiger partial charge in [-0.3, -0.25) is 14.2 Å². The Labute approximate surface area is 203 Å². The number of ether oxygens (including phenoxy) is 1. The van der Waals surface area contributed by atoms with E-state index in [1.54, 1.807) is 27.9 Å². The van der Waals surface area contributed by atoms with Crippen LogP contribution in [-0.4, -0.2) is 46.9 Å². The van der Waals surface area contributed by atoms with Crippen LogP contribution in [0.2, 0.25) is 0 Å². The van der Waals surface area contributed by atoms with E-state index in [1.165, 1.54) is 27.8 Å². The normalized spacial score (nSPS) is 12.9. The van der Waals surface area contributed by atoms with Gasteiger partial charge in [-0.25, -0.2) is 4.98 Å². The summed E-state index contributed by atoms with van der Waals surface area (Å²) < 4.78 is 6.93. The molecule has 0 fully saturated rings. The van der Waals surface area contributed by atoms with Crippen molar-refractivity contribution in [3.05, 3.63) is 56.2 Å². The van der Waals surface area contributed by atoms with E-state index in [0.717, 1.165) is 47.9 Å². The summed E-state index contributed by atoms with van der Waals surface area (Å²) >= 11 is 2.99. The summed E-state index contributed by atoms with van der Waals surface area (Å²) in [6.45, 7) is 3.81. The van der Waals surface area contributed by atoms with Crippen molar-refractivity contribution in [2.45, 2.75) is 57.3 Å². The molecule has 2 heterocycles. The average Bonchev–Trinajstić information content (AvgIpc) is 3.40. The smallest absolute Gasteiger partial charge is 0.263 e. The van der Waals surface area contributed by atoms with Gasteiger partial charge in [-0.1, -0.05) is 43.0 Å². The molecule has 0 atom stereocenters. The fraction of sp³-hybridized carbons (Fsp3) is 0.480. The van der Waals surface area contributed by atoms with Crippen LogP contribution in [0.3, 0.4) is 0 Å². The maximum absolute atomic E-state index is 13.4. The summed E-state index contributed by atoms with van der Waals surface area (Å²) in [5.74, 6) is 0.266. The van der Waals surface area contributed by atoms with Crippen LogP contribution in [0.1, 0.15) is 41.3 Å². The van der Waals surface area contributed by atoms with Gasteiger partial charge in [0.05, 0.1) is 11.1 Å². The Hall–Kier alpha value is -2.16. The number of amides is 1. The second-order valence-electron chi connectivity index (χ2n) is 8.44. The molecule has 0 radical (unpaired) electrons. The highest BCUT2D eigenvalue weighted by Crippen LogP contribution is 2.35. The predicted octanol–water partition coefficient (Wildman–Crippen LogP) is 4.30. The van der Waals surface area contributed by atoms with Gasteiger partial charge in [0, 0.05) is 38.7 Å². The number of hydrogen-bond acceptors (Lipinski definition) is 6. The lowest BCUT2D eigenvalue weighted by Crippen LogP contribution is -2.29. The van der Waals surface area contributed by atoms with Crippen molar-refractivity contribution >= 4 is 39.2 Å². The molecular weight excluding hydrogens is 454 g/mol. The van der Waals surface area contributed by atoms with Crippen molar-refractivity contribution in [1.29, 1.82) is 0 Å². The topological polar surface area (TPSA) is 64.4 Å². The lowest BCUT2D eigenvalue weighted by Gasteiger charge is -2.18. The Morgan fingerprint density at radius 1 is 1.24 bits per heavy atom. The van der Waals surface area contributed by atoms with Crippen molar-refractivity contribution in [2.75, 3.05) is 26.5 Å². The first-order valence-corrected chi connectivity index (χ1v) is 13.3. The number of aromatic nitrogens is 2. The molecule has 1 aromatic carbocycles. The lowest BCUT2D eigenvalue weighted by atomic mass is 10.1. The van der Waals surface area contributed by atoms with Gasteiger partial charge in [-0.05, 0) is 48.8 Å². The van der Waals surface area contributed by atoms with Crippen molar-refractivity contribution in [2.24, 2.45) is 0 Å². The number of hydrogen-bond donors (Lipinski definition) is 0. The quantitative estimate of drug-likeness (QED) is 0.243. The zero-order valence-electron chi connectivity index (χ0n) is 19.6. The third kappa shape index (κ3) is 5.34. The van der Waals surface area contributed by atoms with Gasteiger partial charge in [0.2, 0.25) is 5.91 Å². The number of thioether (sulfide) groups is 1. The van der Waals surface area contributed by atoms with E-state index in [0.29, 0.717) is 24.9 Å². The Kier molecular flexibility index (Phi) is 7.88. The second-order valence-corrected chi connectivity index (χ2v) is 10.5. The maximum Gasteiger partial charge on any atom is 0.263 e. The number of rotatable bonds is 10. The highest BCUT2D eigenvalue weighted by molar-refractivity contribution is 7.99. The Morgan fingerprint density at radius 2 is 2.00 bits per heavy atom. The Balaban J connectivity index is 1.51. The van der Waals surface area contributed by atoms with Crippen LogP contribution < -0.4 is 5.56 Å². The molecule has 8 heteroatoms. The van der Waals surface area contributed by atoms with Crippen LogP contribution in [0, 0.1) is 0 Å². The average molecular weight is 486 g/mol. The van der Waals surface area contributed by atoms with E-state index in [-0.39, 0.29) is 17.2 Å². The molecule has 1 amide bonds. The van der Waals surface area contributed by atoms with Crippen molar-refractivity contribution in [3.8, 4) is 0 Å². The third-order valence-corrected chi connectivity index (χ3v) is 8.27. The second kappa shape index (κ2) is 10.8. The Bertz CT molecular complexity index is 1180. The first kappa shape index (κ1) is 24.0. The zero-order valence-corrected chi connectivity index (χ0v) is 21.2. The van der Waals surface area contributed by atoms with E-state index in [4.69, 9.17) is 9.72 Å². The molecule has 0 aliphatic heterocycles. The highest BCUT2D eigenvalue weighted by atomic mass is 32.2. The molecule has 176 valence electrons. The molecule has 0 unspecified atom stereocenters. The summed E-state index contributed by atoms with van der Waals surface area (Å²) in [4.78, 5) is 35.0. The molecule has 2 aromatic heterocycles. The van der Waals surface area contributed by atoms with Gasteiger partial charge < -0.3 is 9.64 Å². The first-order valence-electron chi connectivity index (χ1n) is 11.5. The summed E-state index contributed by atoms with van der Waals surface area (Å²) in [6, 6.07) is 8.38. The van der Waals surface area contributed by atoms with Crippen LogP contribution in [0.15, 0.2) is 34.2 Å². The largest absolute Gasteiger partial charge is 0.385 e. The predicted molar refractivity (Wildman–Crippen MR) is 135 cm³/mol. The number of methoxy groups -OCH3 is 1. The monoisotopic (exact) mass is 485 g/mol. The van der Waals surface area contributed by atoms with Gasteiger partial charge in [0.25, 0.3) is 5.56 Å². The molecule has 33 heavy (non-hydrogen) atoms. The standard InChI is InChI=1S/C25H31N3O3S2/c1-4-17-9-11-18(12-10-17)15-27(2)21(29)16-32-25-26-23-22(19-7-5-8-20(19)33-23)24(30)28(25)13-6-14-31-3/h9-12H,4-8,13-16H2,1-3H3. The Morgan fingerprint density at radius 3 is 2.73 bits per heavy atom. The lowest BCUT2D eigenvalue weighted by molar-refractivity contribution is -0.127. The van der Waals surface area contributed by atoms with E-state index in [1.807, 2.05) is 7.05 Å². The SMILES string of the molecule is CCc1ccc(CN(C)C(=O)CSc2nc3sc4c(c3c(=O)n2CCCOC)CCC4)cc1. The molecule has 0 saturated heterocycles. The van der Waals surface area contributed by atoms with Gasteiger partial charge in [-0.2, -0.15) is 0 Å². The van der Waals surface area contributed by atoms with Crippen LogP contribution in [-0.2, 0) is 41.9 Å². The van der Waals surface area contributed by atoms with Crippen LogP contribution in [0.4, 0.5) is 0 Å². The molecule has 1 aliphatic carbocycles. The number of aryl methyl sites for hydroxylation is 3. The zero-order chi connectivity index (χ0) is 23.4. The molecule has 3 aromatic rings. The molecule has 6 nitrogen and oxygen atoms in total. The molecule has 0 N–H and O–H groups in total. The minimum Gasteiger partial charge on any atom is -0.385 e. The summed E-state index contributed by atoms with van der Waals surface area (Å²) in [5, 5.41) is 1.41. The molecule has 1 aliphatic rings. The van der Waals surface area contributed by atoms with Gasteiger partial charge >= 0.3 is 0 Å². The number of carbonyl (C=O) groups is 1. The van der Waals surface area contributed by atoms with E-state index in [9.17, 15) is 9.59 Å². The molecular formula is C25H31N3O3S2. The molecule has 0 bridgehead atoms. The molecule has 0 spiro atoms. The number of nitrogens with zero attached hydrogens (tertiary/aromatic N) is 3. The van der Waals surface area contributed by atoms with Gasteiger partial charge in [0.15, 0.2) is 5.16 Å². The molecule has 0 saturated carbocycles. The number of thiophene rings is 1. The van der Waals surface area contributed by atoms with Crippen molar-refractivity contribution in [3.63, 3.8) is 0 Å². The van der Waals surface area contributed by atoms with Crippen molar-refractivity contribution in [1.82, 2.24) is 14.5 Å². The maximum atomic E-state index is 13.4. The van der Waals surface area contributed by atoms with E-state index >= 15 is 0 Å². The fourth-order valence-corrected chi connectivity index (χ4v) is 6.48. The first-order chi connectivity index (χ1) is 16.0. The summed E-state index contributed by atoms with van der Waals surface area (Å²) in [7, 11) is 3.48. The number of benzene rings is 1. The minimum atomic E-state index is 0.0195. The van der Waals surface area contributed by atoms with E-state index in [2.05, 4.69) is 31.2 Å². The molecule has 4 rings (SSSR count). The highest BCUT2D eigenvalue weighted by Gasteiger charge is 2.23. The van der Waals surface area contributed by atoms with Crippen molar-refractivity contribution < 1.29 is 9.53 Å². The summed E-state index contributed by atoms with van der Waals surface area (Å²) in [5.41, 5.74) is 3.61. The van der Waals surface area contributed by atoms with Crippen LogP contribution >= 0.6 is 23.1 Å².